The van der Waals surface area contributed by atoms with Crippen LogP contribution >= 0.6 is 0 Å². The van der Waals surface area contributed by atoms with E-state index >= 15 is 0 Å². The maximum absolute atomic E-state index is 12.5. The maximum atomic E-state index is 12.5. The van der Waals surface area contributed by atoms with Crippen LogP contribution in [0.4, 0.5) is 10.6 Å². The minimum atomic E-state index is -3.48. The molecule has 1 fully saturated rings. The number of amides is 1. The fourth-order valence-corrected chi connectivity index (χ4v) is 3.90. The minimum absolute atomic E-state index is 0.0317. The lowest BCUT2D eigenvalue weighted by atomic mass is 10.1. The van der Waals surface area contributed by atoms with Crippen molar-refractivity contribution in [2.75, 3.05) is 30.8 Å². The highest BCUT2D eigenvalue weighted by molar-refractivity contribution is 7.90. The number of carbonyl (C=O) groups is 1. The maximum Gasteiger partial charge on any atom is 0.410 e. The van der Waals surface area contributed by atoms with Gasteiger partial charge in [0.25, 0.3) is 0 Å². The lowest BCUT2D eigenvalue weighted by Gasteiger charge is -2.41. The van der Waals surface area contributed by atoms with Crippen molar-refractivity contribution in [3.63, 3.8) is 0 Å². The molecule has 3 heterocycles. The molecule has 0 aromatic carbocycles. The molecule has 0 spiro atoms. The number of aromatic nitrogens is 3. The highest BCUT2D eigenvalue weighted by atomic mass is 32.2. The highest BCUT2D eigenvalue weighted by Gasteiger charge is 2.32. The third-order valence-corrected chi connectivity index (χ3v) is 5.77. The van der Waals surface area contributed by atoms with Crippen molar-refractivity contribution in [2.24, 2.45) is 0 Å². The first-order valence-electron chi connectivity index (χ1n) is 10.2. The zero-order valence-corrected chi connectivity index (χ0v) is 19.4. The second-order valence-corrected chi connectivity index (χ2v) is 10.5. The van der Waals surface area contributed by atoms with Gasteiger partial charge in [0.2, 0.25) is 15.0 Å². The van der Waals surface area contributed by atoms with Gasteiger partial charge in [-0.05, 0) is 45.4 Å². The standard InChI is InChI=1S/C21H29N5O4S/c1-6-16-14-25(11-12-26(16)20(27)30-21(2,3)4)18-8-7-15(13-23-18)17-9-10-22-19(24-17)31(5,28)29/h7-10,13,16H,6,11-12,14H2,1-5H3/t16-/m0/s1. The number of ether oxygens (including phenoxy) is 1. The van der Waals surface area contributed by atoms with Gasteiger partial charge < -0.3 is 14.5 Å². The average Bonchev–Trinajstić information content (AvgIpc) is 2.71. The first-order valence-corrected chi connectivity index (χ1v) is 12.1. The van der Waals surface area contributed by atoms with Gasteiger partial charge in [0.1, 0.15) is 11.4 Å². The van der Waals surface area contributed by atoms with E-state index in [0.717, 1.165) is 18.5 Å². The van der Waals surface area contributed by atoms with E-state index in [9.17, 15) is 13.2 Å². The molecule has 0 aliphatic carbocycles. The van der Waals surface area contributed by atoms with Crippen molar-refractivity contribution in [1.82, 2.24) is 19.9 Å². The molecule has 2 aromatic heterocycles. The van der Waals surface area contributed by atoms with E-state index in [2.05, 4.69) is 26.8 Å². The minimum Gasteiger partial charge on any atom is -0.444 e. The van der Waals surface area contributed by atoms with E-state index in [1.54, 1.807) is 17.2 Å². The van der Waals surface area contributed by atoms with E-state index in [0.29, 0.717) is 30.9 Å². The lowest BCUT2D eigenvalue weighted by Crippen LogP contribution is -2.56. The van der Waals surface area contributed by atoms with Crippen LogP contribution in [0, 0.1) is 0 Å². The Labute approximate surface area is 183 Å². The molecule has 2 aromatic rings. The molecule has 10 heteroatoms. The van der Waals surface area contributed by atoms with Gasteiger partial charge in [-0.2, -0.15) is 0 Å². The van der Waals surface area contributed by atoms with Gasteiger partial charge >= 0.3 is 6.09 Å². The largest absolute Gasteiger partial charge is 0.444 e. The molecule has 1 aliphatic heterocycles. The van der Waals surface area contributed by atoms with Crippen molar-refractivity contribution in [3.05, 3.63) is 30.6 Å². The normalized spacial score (nSPS) is 17.5. The zero-order chi connectivity index (χ0) is 22.8. The second-order valence-electron chi connectivity index (χ2n) is 8.58. The van der Waals surface area contributed by atoms with Crippen LogP contribution in [0.1, 0.15) is 34.1 Å². The van der Waals surface area contributed by atoms with Crippen molar-refractivity contribution < 1.29 is 17.9 Å². The summed E-state index contributed by atoms with van der Waals surface area (Å²) < 4.78 is 29.0. The van der Waals surface area contributed by atoms with E-state index in [1.165, 1.54) is 6.20 Å². The summed E-state index contributed by atoms with van der Waals surface area (Å²) in [5.74, 6) is 0.795. The van der Waals surface area contributed by atoms with Crippen LogP contribution in [-0.2, 0) is 14.6 Å². The Morgan fingerprint density at radius 1 is 1.19 bits per heavy atom. The summed E-state index contributed by atoms with van der Waals surface area (Å²) in [6.07, 6.45) is 4.70. The Balaban J connectivity index is 1.73. The Morgan fingerprint density at radius 3 is 2.52 bits per heavy atom. The molecule has 0 unspecified atom stereocenters. The fraction of sp³-hybridized carbons (Fsp3) is 0.524. The fourth-order valence-electron chi connectivity index (χ4n) is 3.38. The molecule has 1 aliphatic rings. The summed E-state index contributed by atoms with van der Waals surface area (Å²) in [5.41, 5.74) is 0.674. The van der Waals surface area contributed by atoms with Crippen LogP contribution in [0.5, 0.6) is 0 Å². The van der Waals surface area contributed by atoms with E-state index in [-0.39, 0.29) is 17.3 Å². The van der Waals surface area contributed by atoms with Crippen molar-refractivity contribution in [1.29, 1.82) is 0 Å². The summed E-state index contributed by atoms with van der Waals surface area (Å²) in [6.45, 7) is 9.51. The number of piperazine rings is 1. The highest BCUT2D eigenvalue weighted by Crippen LogP contribution is 2.24. The van der Waals surface area contributed by atoms with Gasteiger partial charge in [-0.1, -0.05) is 6.92 Å². The van der Waals surface area contributed by atoms with Gasteiger partial charge in [-0.3, -0.25) is 0 Å². The van der Waals surface area contributed by atoms with Gasteiger partial charge in [0, 0.05) is 43.8 Å². The van der Waals surface area contributed by atoms with Crippen LogP contribution < -0.4 is 4.90 Å². The molecule has 0 radical (unpaired) electrons. The molecule has 0 saturated carbocycles. The summed E-state index contributed by atoms with van der Waals surface area (Å²) in [7, 11) is -3.48. The third kappa shape index (κ3) is 5.69. The molecular weight excluding hydrogens is 418 g/mol. The number of pyridine rings is 1. The monoisotopic (exact) mass is 447 g/mol. The molecule has 9 nitrogen and oxygen atoms in total. The van der Waals surface area contributed by atoms with Gasteiger partial charge in [-0.15, -0.1) is 0 Å². The molecule has 1 saturated heterocycles. The van der Waals surface area contributed by atoms with Crippen LogP contribution in [0.2, 0.25) is 0 Å². The Kier molecular flexibility index (Phi) is 6.49. The number of nitrogens with zero attached hydrogens (tertiary/aromatic N) is 5. The molecule has 0 bridgehead atoms. The van der Waals surface area contributed by atoms with Gasteiger partial charge in [-0.25, -0.2) is 28.2 Å². The van der Waals surface area contributed by atoms with Crippen molar-refractivity contribution in [3.8, 4) is 11.3 Å². The number of hydrogen-bond acceptors (Lipinski definition) is 8. The molecular formula is C21H29N5O4S. The summed E-state index contributed by atoms with van der Waals surface area (Å²) in [5, 5.41) is -0.210. The topological polar surface area (TPSA) is 106 Å². The van der Waals surface area contributed by atoms with Crippen molar-refractivity contribution >= 4 is 21.7 Å². The van der Waals surface area contributed by atoms with E-state index < -0.39 is 15.4 Å². The Morgan fingerprint density at radius 2 is 1.94 bits per heavy atom. The first kappa shape index (κ1) is 22.9. The van der Waals surface area contributed by atoms with Gasteiger partial charge in [0.15, 0.2) is 0 Å². The summed E-state index contributed by atoms with van der Waals surface area (Å²) in [4.78, 5) is 29.0. The Hall–Kier alpha value is -2.75. The number of carbonyl (C=O) groups excluding carboxylic acids is 1. The van der Waals surface area contributed by atoms with Crippen molar-refractivity contribution in [2.45, 2.75) is 50.9 Å². The van der Waals surface area contributed by atoms with E-state index in [1.807, 2.05) is 32.9 Å². The summed E-state index contributed by atoms with van der Waals surface area (Å²) >= 11 is 0. The zero-order valence-electron chi connectivity index (χ0n) is 18.6. The molecule has 31 heavy (non-hydrogen) atoms. The number of sulfone groups is 1. The molecule has 1 atom stereocenters. The third-order valence-electron chi connectivity index (χ3n) is 4.91. The SMILES string of the molecule is CC[C@H]1CN(c2ccc(-c3ccnc(S(C)(=O)=O)n3)cn2)CCN1C(=O)OC(C)(C)C. The van der Waals surface area contributed by atoms with Crippen LogP contribution in [0.25, 0.3) is 11.3 Å². The van der Waals surface area contributed by atoms with Gasteiger partial charge in [0.05, 0.1) is 11.7 Å². The predicted octanol–water partition coefficient (Wildman–Crippen LogP) is 2.78. The Bertz CT molecular complexity index is 1030. The van der Waals surface area contributed by atoms with E-state index in [4.69, 9.17) is 4.74 Å². The second kappa shape index (κ2) is 8.78. The number of hydrogen-bond donors (Lipinski definition) is 0. The predicted molar refractivity (Wildman–Crippen MR) is 118 cm³/mol. The lowest BCUT2D eigenvalue weighted by molar-refractivity contribution is 0.0136. The first-order chi connectivity index (χ1) is 14.5. The molecule has 1 amide bonds. The number of rotatable bonds is 4. The average molecular weight is 448 g/mol. The quantitative estimate of drug-likeness (QED) is 0.659. The molecule has 168 valence electrons. The smallest absolute Gasteiger partial charge is 0.410 e. The summed E-state index contributed by atoms with van der Waals surface area (Å²) in [6, 6.07) is 5.42. The molecule has 3 rings (SSSR count). The van der Waals surface area contributed by atoms with Crippen LogP contribution in [0.3, 0.4) is 0 Å². The molecule has 0 N–H and O–H groups in total. The van der Waals surface area contributed by atoms with Crippen LogP contribution in [0.15, 0.2) is 35.7 Å². The van der Waals surface area contributed by atoms with Crippen LogP contribution in [-0.4, -0.2) is 71.9 Å². The number of anilines is 1.